The highest BCUT2D eigenvalue weighted by Crippen LogP contribution is 2.09. The SMILES string of the molecule is c1ccc2nnccc2c1.c1ccc2ocnc2c1. The van der Waals surface area contributed by atoms with Crippen molar-refractivity contribution in [1.82, 2.24) is 15.2 Å². The summed E-state index contributed by atoms with van der Waals surface area (Å²) in [6.45, 7) is 0. The van der Waals surface area contributed by atoms with Crippen LogP contribution >= 0.6 is 0 Å². The lowest BCUT2D eigenvalue weighted by Crippen LogP contribution is -1.79. The molecule has 19 heavy (non-hydrogen) atoms. The molecule has 0 aliphatic rings. The fourth-order valence-corrected chi connectivity index (χ4v) is 1.73. The highest BCUT2D eigenvalue weighted by molar-refractivity contribution is 5.77. The second-order valence-corrected chi connectivity index (χ2v) is 3.91. The van der Waals surface area contributed by atoms with Crippen molar-refractivity contribution in [3.8, 4) is 0 Å². The smallest absolute Gasteiger partial charge is 0.181 e. The molecule has 0 saturated heterocycles. The number of para-hydroxylation sites is 2. The molecule has 0 bridgehead atoms. The molecule has 4 aromatic rings. The normalized spacial score (nSPS) is 10.1. The van der Waals surface area contributed by atoms with E-state index in [0.717, 1.165) is 22.0 Å². The maximum absolute atomic E-state index is 5.01. The molecule has 0 fully saturated rings. The Morgan fingerprint density at radius 1 is 0.789 bits per heavy atom. The van der Waals surface area contributed by atoms with E-state index in [9.17, 15) is 0 Å². The van der Waals surface area contributed by atoms with Crippen molar-refractivity contribution in [3.63, 3.8) is 0 Å². The van der Waals surface area contributed by atoms with Crippen molar-refractivity contribution in [2.45, 2.75) is 0 Å². The molecule has 0 radical (unpaired) electrons. The Hall–Kier alpha value is -2.75. The molecule has 4 nitrogen and oxygen atoms in total. The minimum Gasteiger partial charge on any atom is -0.443 e. The number of benzene rings is 2. The maximum atomic E-state index is 5.01. The molecule has 0 spiro atoms. The van der Waals surface area contributed by atoms with Crippen LogP contribution in [0.3, 0.4) is 0 Å². The lowest BCUT2D eigenvalue weighted by molar-refractivity contribution is 0.602. The zero-order valence-electron chi connectivity index (χ0n) is 10.1. The molecule has 2 aromatic heterocycles. The van der Waals surface area contributed by atoms with E-state index < -0.39 is 0 Å². The molecule has 92 valence electrons. The quantitative estimate of drug-likeness (QED) is 0.479. The molecule has 2 aromatic carbocycles. The zero-order chi connectivity index (χ0) is 12.9. The zero-order valence-corrected chi connectivity index (χ0v) is 10.1. The van der Waals surface area contributed by atoms with Crippen LogP contribution in [0.5, 0.6) is 0 Å². The third kappa shape index (κ3) is 2.57. The van der Waals surface area contributed by atoms with Crippen LogP contribution in [0.1, 0.15) is 0 Å². The molecule has 0 saturated carbocycles. The van der Waals surface area contributed by atoms with Crippen LogP contribution in [0.25, 0.3) is 22.0 Å². The number of oxazole rings is 1. The van der Waals surface area contributed by atoms with Gasteiger partial charge >= 0.3 is 0 Å². The molecular weight excluding hydrogens is 238 g/mol. The summed E-state index contributed by atoms with van der Waals surface area (Å²) >= 11 is 0. The topological polar surface area (TPSA) is 51.8 Å². The fourth-order valence-electron chi connectivity index (χ4n) is 1.73. The van der Waals surface area contributed by atoms with Gasteiger partial charge < -0.3 is 4.42 Å². The van der Waals surface area contributed by atoms with Gasteiger partial charge in [0.1, 0.15) is 5.52 Å². The van der Waals surface area contributed by atoms with Crippen molar-refractivity contribution in [1.29, 1.82) is 0 Å². The fraction of sp³-hybridized carbons (Fsp3) is 0. The largest absolute Gasteiger partial charge is 0.443 e. The molecule has 0 N–H and O–H groups in total. The Morgan fingerprint density at radius 3 is 2.42 bits per heavy atom. The van der Waals surface area contributed by atoms with Crippen molar-refractivity contribution in [3.05, 3.63) is 67.2 Å². The van der Waals surface area contributed by atoms with E-state index in [0.29, 0.717) is 0 Å². The number of hydrogen-bond donors (Lipinski definition) is 0. The summed E-state index contributed by atoms with van der Waals surface area (Å²) in [4.78, 5) is 3.95. The Balaban J connectivity index is 0.000000117. The first-order chi connectivity index (χ1) is 9.43. The summed E-state index contributed by atoms with van der Waals surface area (Å²) in [5.41, 5.74) is 2.71. The second kappa shape index (κ2) is 5.27. The molecular formula is C15H11N3O. The summed E-state index contributed by atoms with van der Waals surface area (Å²) in [7, 11) is 0. The monoisotopic (exact) mass is 249 g/mol. The lowest BCUT2D eigenvalue weighted by atomic mass is 10.2. The molecule has 4 heteroatoms. The van der Waals surface area contributed by atoms with Crippen LogP contribution in [0.2, 0.25) is 0 Å². The van der Waals surface area contributed by atoms with Gasteiger partial charge in [0.15, 0.2) is 12.0 Å². The van der Waals surface area contributed by atoms with Crippen LogP contribution < -0.4 is 0 Å². The van der Waals surface area contributed by atoms with Crippen LogP contribution in [0.4, 0.5) is 0 Å². The molecule has 0 atom stereocenters. The first kappa shape index (κ1) is 11.3. The summed E-state index contributed by atoms with van der Waals surface area (Å²) in [6.07, 6.45) is 3.15. The van der Waals surface area contributed by atoms with Gasteiger partial charge in [0, 0.05) is 5.39 Å². The predicted octanol–water partition coefficient (Wildman–Crippen LogP) is 3.46. The van der Waals surface area contributed by atoms with Crippen LogP contribution in [-0.2, 0) is 0 Å². The lowest BCUT2D eigenvalue weighted by Gasteiger charge is -1.90. The van der Waals surface area contributed by atoms with Crippen molar-refractivity contribution >= 4 is 22.0 Å². The highest BCUT2D eigenvalue weighted by Gasteiger charge is 1.91. The molecule has 0 unspecified atom stereocenters. The Labute approximate surface area is 109 Å². The third-order valence-corrected chi connectivity index (χ3v) is 2.66. The van der Waals surface area contributed by atoms with E-state index in [-0.39, 0.29) is 0 Å². The summed E-state index contributed by atoms with van der Waals surface area (Å²) in [5.74, 6) is 0. The Kier molecular flexibility index (Phi) is 3.14. The van der Waals surface area contributed by atoms with E-state index in [1.807, 2.05) is 54.6 Å². The first-order valence-corrected chi connectivity index (χ1v) is 5.88. The Bertz CT molecular complexity index is 699. The Morgan fingerprint density at radius 2 is 1.58 bits per heavy atom. The molecule has 0 aliphatic heterocycles. The van der Waals surface area contributed by atoms with Crippen LogP contribution in [0.15, 0.2) is 71.6 Å². The van der Waals surface area contributed by atoms with Crippen LogP contribution in [0, 0.1) is 0 Å². The molecule has 0 amide bonds. The van der Waals surface area contributed by atoms with E-state index >= 15 is 0 Å². The standard InChI is InChI=1S/C8H6N2.C7H5NO/c1-2-4-8-7(3-1)5-6-9-10-8;1-2-4-7-6(3-1)8-5-9-7/h1-6H;1-5H. The van der Waals surface area contributed by atoms with Gasteiger partial charge in [-0.1, -0.05) is 30.3 Å². The predicted molar refractivity (Wildman–Crippen MR) is 73.5 cm³/mol. The van der Waals surface area contributed by atoms with E-state index in [1.165, 1.54) is 6.39 Å². The second-order valence-electron chi connectivity index (χ2n) is 3.91. The van der Waals surface area contributed by atoms with Gasteiger partial charge in [-0.2, -0.15) is 10.2 Å². The summed E-state index contributed by atoms with van der Waals surface area (Å²) < 4.78 is 5.01. The summed E-state index contributed by atoms with van der Waals surface area (Å²) in [6, 6.07) is 17.5. The third-order valence-electron chi connectivity index (χ3n) is 2.66. The van der Waals surface area contributed by atoms with Crippen molar-refractivity contribution in [2.75, 3.05) is 0 Å². The number of fused-ring (bicyclic) bond motifs is 2. The first-order valence-electron chi connectivity index (χ1n) is 5.88. The van der Waals surface area contributed by atoms with Gasteiger partial charge in [-0.05, 0) is 24.3 Å². The number of hydrogen-bond acceptors (Lipinski definition) is 4. The summed E-state index contributed by atoms with van der Waals surface area (Å²) in [5, 5.41) is 8.83. The molecule has 0 aliphatic carbocycles. The van der Waals surface area contributed by atoms with Gasteiger partial charge in [-0.3, -0.25) is 0 Å². The van der Waals surface area contributed by atoms with E-state index in [4.69, 9.17) is 4.42 Å². The average Bonchev–Trinajstić information content (AvgIpc) is 2.96. The van der Waals surface area contributed by atoms with Gasteiger partial charge in [0.25, 0.3) is 0 Å². The van der Waals surface area contributed by atoms with Crippen molar-refractivity contribution in [2.24, 2.45) is 0 Å². The highest BCUT2D eigenvalue weighted by atomic mass is 16.3. The molecule has 2 heterocycles. The van der Waals surface area contributed by atoms with E-state index in [2.05, 4.69) is 15.2 Å². The maximum Gasteiger partial charge on any atom is 0.181 e. The van der Waals surface area contributed by atoms with Crippen molar-refractivity contribution < 1.29 is 4.42 Å². The number of aromatic nitrogens is 3. The van der Waals surface area contributed by atoms with Gasteiger partial charge in [-0.25, -0.2) is 4.98 Å². The number of rotatable bonds is 0. The van der Waals surface area contributed by atoms with Crippen LogP contribution in [-0.4, -0.2) is 15.2 Å². The number of nitrogens with zero attached hydrogens (tertiary/aromatic N) is 3. The van der Waals surface area contributed by atoms with E-state index in [1.54, 1.807) is 6.20 Å². The van der Waals surface area contributed by atoms with Gasteiger partial charge in [0.2, 0.25) is 0 Å². The minimum atomic E-state index is 0.845. The molecule has 4 rings (SSSR count). The minimum absolute atomic E-state index is 0.845. The average molecular weight is 249 g/mol. The van der Waals surface area contributed by atoms with Gasteiger partial charge in [0.05, 0.1) is 11.7 Å². The van der Waals surface area contributed by atoms with Gasteiger partial charge in [-0.15, -0.1) is 0 Å².